The quantitative estimate of drug-likeness (QED) is 0.746. The fourth-order valence-electron chi connectivity index (χ4n) is 1.10. The molecule has 0 radical (unpaired) electrons. The summed E-state index contributed by atoms with van der Waals surface area (Å²) in [6.07, 6.45) is -2.98. The van der Waals surface area contributed by atoms with Crippen molar-refractivity contribution < 1.29 is 18.0 Å². The minimum Gasteiger partial charge on any atom is -0.294 e. The van der Waals surface area contributed by atoms with Crippen LogP contribution < -0.4 is 0 Å². The zero-order valence-electron chi connectivity index (χ0n) is 7.15. The lowest BCUT2D eigenvalue weighted by Gasteiger charge is -2.07. The predicted molar refractivity (Wildman–Crippen MR) is 49.1 cm³/mol. The van der Waals surface area contributed by atoms with Gasteiger partial charge in [-0.2, -0.15) is 0 Å². The molecule has 1 rings (SSSR count). The molecule has 0 fully saturated rings. The lowest BCUT2D eigenvalue weighted by atomic mass is 10.0. The Hall–Kier alpha value is -0.840. The molecule has 0 aromatic heterocycles. The van der Waals surface area contributed by atoms with E-state index in [1.54, 1.807) is 0 Å². The Kier molecular flexibility index (Phi) is 3.31. The Morgan fingerprint density at radius 2 is 2.00 bits per heavy atom. The summed E-state index contributed by atoms with van der Waals surface area (Å²) in [5.74, 6) is -1.65. The van der Waals surface area contributed by atoms with Crippen molar-refractivity contribution in [3.05, 3.63) is 33.5 Å². The van der Waals surface area contributed by atoms with Crippen LogP contribution in [0.2, 0.25) is 0 Å². The number of hydrogen-bond donors (Lipinski definition) is 0. The number of ketones is 1. The molecule has 0 atom stereocenters. The lowest BCUT2D eigenvalue weighted by Crippen LogP contribution is -2.03. The Morgan fingerprint density at radius 3 is 2.43 bits per heavy atom. The van der Waals surface area contributed by atoms with E-state index in [4.69, 9.17) is 0 Å². The Morgan fingerprint density at radius 1 is 1.43 bits per heavy atom. The van der Waals surface area contributed by atoms with Crippen LogP contribution in [-0.4, -0.2) is 5.78 Å². The molecule has 14 heavy (non-hydrogen) atoms. The van der Waals surface area contributed by atoms with Gasteiger partial charge < -0.3 is 0 Å². The molecule has 0 amide bonds. The van der Waals surface area contributed by atoms with Gasteiger partial charge in [-0.1, -0.05) is 15.9 Å². The second kappa shape index (κ2) is 4.13. The third-order valence-electron chi connectivity index (χ3n) is 1.69. The first-order chi connectivity index (χ1) is 6.43. The van der Waals surface area contributed by atoms with Crippen LogP contribution in [0.15, 0.2) is 16.6 Å². The molecule has 5 heteroatoms. The summed E-state index contributed by atoms with van der Waals surface area (Å²) in [4.78, 5) is 11.0. The molecule has 0 unspecified atom stereocenters. The van der Waals surface area contributed by atoms with E-state index in [-0.39, 0.29) is 10.0 Å². The third-order valence-corrected chi connectivity index (χ3v) is 2.15. The van der Waals surface area contributed by atoms with Gasteiger partial charge in [0.1, 0.15) is 5.82 Å². The van der Waals surface area contributed by atoms with Gasteiger partial charge in [0, 0.05) is 10.0 Å². The van der Waals surface area contributed by atoms with E-state index >= 15 is 0 Å². The summed E-state index contributed by atoms with van der Waals surface area (Å²) >= 11 is 2.93. The molecule has 76 valence electrons. The van der Waals surface area contributed by atoms with Crippen LogP contribution in [0.25, 0.3) is 0 Å². The van der Waals surface area contributed by atoms with Gasteiger partial charge in [-0.3, -0.25) is 4.79 Å². The number of benzene rings is 1. The van der Waals surface area contributed by atoms with E-state index in [1.807, 2.05) is 0 Å². The van der Waals surface area contributed by atoms with E-state index in [2.05, 4.69) is 15.9 Å². The summed E-state index contributed by atoms with van der Waals surface area (Å²) in [5, 5.41) is 0. The summed E-state index contributed by atoms with van der Waals surface area (Å²) in [6.45, 7) is 1.12. The van der Waals surface area contributed by atoms with Crippen molar-refractivity contribution in [2.24, 2.45) is 0 Å². The van der Waals surface area contributed by atoms with Crippen LogP contribution in [0.1, 0.15) is 29.3 Å². The molecular formula is C9H6BrF3O. The van der Waals surface area contributed by atoms with Crippen LogP contribution in [0, 0.1) is 5.82 Å². The second-order valence-electron chi connectivity index (χ2n) is 2.71. The van der Waals surface area contributed by atoms with E-state index in [1.165, 1.54) is 6.07 Å². The van der Waals surface area contributed by atoms with Crippen molar-refractivity contribution in [2.45, 2.75) is 13.3 Å². The number of rotatable bonds is 2. The number of Topliss-reactive ketones (excluding diaryl/α,β-unsaturated/α-hetero) is 1. The molecule has 1 aromatic rings. The van der Waals surface area contributed by atoms with Crippen LogP contribution in [0.4, 0.5) is 13.2 Å². The average molecular weight is 267 g/mol. The zero-order chi connectivity index (χ0) is 10.9. The zero-order valence-corrected chi connectivity index (χ0v) is 8.74. The first-order valence-electron chi connectivity index (χ1n) is 3.71. The van der Waals surface area contributed by atoms with Gasteiger partial charge in [-0.05, 0) is 19.1 Å². The second-order valence-corrected chi connectivity index (χ2v) is 3.62. The number of carbonyl (C=O) groups excluding carboxylic acids is 1. The van der Waals surface area contributed by atoms with Crippen molar-refractivity contribution in [1.82, 2.24) is 0 Å². The molecule has 0 aliphatic carbocycles. The standard InChI is InChI=1S/C9H6BrF3O/c1-4(14)6-2-5(10)3-7(11)8(6)9(12)13/h2-3,9H,1H3. The maximum absolute atomic E-state index is 13.1. The topological polar surface area (TPSA) is 17.1 Å². The van der Waals surface area contributed by atoms with Crippen molar-refractivity contribution >= 4 is 21.7 Å². The molecule has 1 aromatic carbocycles. The van der Waals surface area contributed by atoms with E-state index < -0.39 is 23.6 Å². The fourth-order valence-corrected chi connectivity index (χ4v) is 1.53. The van der Waals surface area contributed by atoms with Gasteiger partial charge >= 0.3 is 0 Å². The van der Waals surface area contributed by atoms with E-state index in [9.17, 15) is 18.0 Å². The minimum absolute atomic E-state index is 0.268. The van der Waals surface area contributed by atoms with Gasteiger partial charge in [0.2, 0.25) is 0 Å². The highest BCUT2D eigenvalue weighted by Crippen LogP contribution is 2.29. The maximum atomic E-state index is 13.1. The molecule has 0 aliphatic rings. The van der Waals surface area contributed by atoms with E-state index in [0.717, 1.165) is 13.0 Å². The van der Waals surface area contributed by atoms with Crippen LogP contribution >= 0.6 is 15.9 Å². The Bertz CT molecular complexity index is 377. The molecule has 1 nitrogen and oxygen atoms in total. The number of carbonyl (C=O) groups is 1. The highest BCUT2D eigenvalue weighted by molar-refractivity contribution is 9.10. The smallest absolute Gasteiger partial charge is 0.267 e. The van der Waals surface area contributed by atoms with Gasteiger partial charge in [0.15, 0.2) is 5.78 Å². The largest absolute Gasteiger partial charge is 0.294 e. The van der Waals surface area contributed by atoms with E-state index in [0.29, 0.717) is 0 Å². The minimum atomic E-state index is -2.98. The molecule has 0 bridgehead atoms. The Labute approximate surface area is 87.1 Å². The Balaban J connectivity index is 3.44. The summed E-state index contributed by atoms with van der Waals surface area (Å²) < 4.78 is 38.1. The lowest BCUT2D eigenvalue weighted by molar-refractivity contribution is 0.0995. The monoisotopic (exact) mass is 266 g/mol. The SMILES string of the molecule is CC(=O)c1cc(Br)cc(F)c1C(F)F. The van der Waals surface area contributed by atoms with Crippen molar-refractivity contribution in [1.29, 1.82) is 0 Å². The van der Waals surface area contributed by atoms with Gasteiger partial charge in [0.25, 0.3) is 6.43 Å². The number of alkyl halides is 2. The molecule has 0 saturated carbocycles. The van der Waals surface area contributed by atoms with Crippen LogP contribution in [-0.2, 0) is 0 Å². The first kappa shape index (κ1) is 11.2. The highest BCUT2D eigenvalue weighted by Gasteiger charge is 2.21. The van der Waals surface area contributed by atoms with Crippen LogP contribution in [0.5, 0.6) is 0 Å². The predicted octanol–water partition coefficient (Wildman–Crippen LogP) is 3.73. The van der Waals surface area contributed by atoms with Crippen molar-refractivity contribution in [2.75, 3.05) is 0 Å². The fraction of sp³-hybridized carbons (Fsp3) is 0.222. The number of hydrogen-bond acceptors (Lipinski definition) is 1. The summed E-state index contributed by atoms with van der Waals surface area (Å²) in [6, 6.07) is 2.10. The summed E-state index contributed by atoms with van der Waals surface area (Å²) in [5.41, 5.74) is -1.12. The van der Waals surface area contributed by atoms with Gasteiger partial charge in [0.05, 0.1) is 5.56 Å². The molecule has 0 aliphatic heterocycles. The molecule has 0 heterocycles. The molecule has 0 N–H and O–H groups in total. The van der Waals surface area contributed by atoms with Crippen molar-refractivity contribution in [3.63, 3.8) is 0 Å². The van der Waals surface area contributed by atoms with Gasteiger partial charge in [-0.15, -0.1) is 0 Å². The van der Waals surface area contributed by atoms with Crippen molar-refractivity contribution in [3.8, 4) is 0 Å². The normalized spacial score (nSPS) is 10.7. The molecular weight excluding hydrogens is 261 g/mol. The first-order valence-corrected chi connectivity index (χ1v) is 4.50. The summed E-state index contributed by atoms with van der Waals surface area (Å²) in [7, 11) is 0. The molecule has 0 saturated heterocycles. The van der Waals surface area contributed by atoms with Crippen LogP contribution in [0.3, 0.4) is 0 Å². The molecule has 0 spiro atoms. The maximum Gasteiger partial charge on any atom is 0.267 e. The van der Waals surface area contributed by atoms with Gasteiger partial charge in [-0.25, -0.2) is 13.2 Å². The average Bonchev–Trinajstić information content (AvgIpc) is 2.01. The third kappa shape index (κ3) is 2.15. The highest BCUT2D eigenvalue weighted by atomic mass is 79.9. The number of halogens is 4.